The molecule has 0 radical (unpaired) electrons. The van der Waals surface area contributed by atoms with Crippen LogP contribution in [0.1, 0.15) is 36.1 Å². The number of anilines is 3. The van der Waals surface area contributed by atoms with Crippen LogP contribution in [-0.2, 0) is 5.41 Å². The second kappa shape index (κ2) is 10.2. The van der Waals surface area contributed by atoms with Gasteiger partial charge in [-0.1, -0.05) is 122 Å². The van der Waals surface area contributed by atoms with Gasteiger partial charge in [0.2, 0.25) is 0 Å². The first-order valence-corrected chi connectivity index (χ1v) is 14.8. The van der Waals surface area contributed by atoms with E-state index in [1.807, 2.05) is 0 Å². The van der Waals surface area contributed by atoms with Gasteiger partial charge in [-0.3, -0.25) is 0 Å². The molecule has 0 unspecified atom stereocenters. The zero-order valence-electron chi connectivity index (χ0n) is 24.7. The Morgan fingerprint density at radius 1 is 0.405 bits per heavy atom. The predicted octanol–water partition coefficient (Wildman–Crippen LogP) is 11.4. The molecule has 6 aromatic carbocycles. The second-order valence-electron chi connectivity index (χ2n) is 12.0. The zero-order chi connectivity index (χ0) is 28.8. The fourth-order valence-electron chi connectivity index (χ4n) is 6.49. The number of hydrogen-bond acceptors (Lipinski definition) is 1. The van der Waals surface area contributed by atoms with Crippen molar-refractivity contribution in [2.24, 2.45) is 0 Å². The molecule has 1 heteroatoms. The normalized spacial score (nSPS) is 13.0. The van der Waals surface area contributed by atoms with Crippen LogP contribution in [0.4, 0.5) is 17.1 Å². The van der Waals surface area contributed by atoms with Crippen LogP contribution in [0.2, 0.25) is 0 Å². The van der Waals surface area contributed by atoms with Crippen LogP contribution in [0, 0.1) is 13.8 Å². The van der Waals surface area contributed by atoms with E-state index in [0.29, 0.717) is 0 Å². The molecular weight excluding hydrogens is 506 g/mol. The third-order valence-electron chi connectivity index (χ3n) is 8.82. The molecule has 0 N–H and O–H groups in total. The smallest absolute Gasteiger partial charge is 0.0468 e. The van der Waals surface area contributed by atoms with Gasteiger partial charge in [0.15, 0.2) is 0 Å². The van der Waals surface area contributed by atoms with Crippen LogP contribution in [0.25, 0.3) is 33.4 Å². The summed E-state index contributed by atoms with van der Waals surface area (Å²) in [6.07, 6.45) is 0. The van der Waals surface area contributed by atoms with E-state index >= 15 is 0 Å². The van der Waals surface area contributed by atoms with Crippen LogP contribution in [0.5, 0.6) is 0 Å². The van der Waals surface area contributed by atoms with E-state index in [1.54, 1.807) is 0 Å². The summed E-state index contributed by atoms with van der Waals surface area (Å²) < 4.78 is 0. The van der Waals surface area contributed by atoms with Crippen molar-refractivity contribution in [1.82, 2.24) is 0 Å². The molecular formula is C41H35N. The monoisotopic (exact) mass is 541 g/mol. The Kier molecular flexibility index (Phi) is 6.32. The van der Waals surface area contributed by atoms with Crippen molar-refractivity contribution in [2.75, 3.05) is 4.90 Å². The maximum atomic E-state index is 2.43. The van der Waals surface area contributed by atoms with Gasteiger partial charge in [-0.05, 0) is 101 Å². The van der Waals surface area contributed by atoms with Gasteiger partial charge in [-0.2, -0.15) is 0 Å². The summed E-state index contributed by atoms with van der Waals surface area (Å²) in [7, 11) is 0. The van der Waals surface area contributed by atoms with Crippen LogP contribution in [-0.4, -0.2) is 0 Å². The van der Waals surface area contributed by atoms with Gasteiger partial charge >= 0.3 is 0 Å². The average molecular weight is 542 g/mol. The van der Waals surface area contributed by atoms with E-state index in [9.17, 15) is 0 Å². The highest BCUT2D eigenvalue weighted by Crippen LogP contribution is 2.50. The molecule has 7 rings (SSSR count). The van der Waals surface area contributed by atoms with Crippen molar-refractivity contribution >= 4 is 17.1 Å². The molecule has 0 atom stereocenters. The summed E-state index contributed by atoms with van der Waals surface area (Å²) in [5.41, 5.74) is 16.3. The molecule has 1 nitrogen and oxygen atoms in total. The molecule has 0 amide bonds. The lowest BCUT2D eigenvalue weighted by molar-refractivity contribution is 0.660. The number of hydrogen-bond donors (Lipinski definition) is 0. The summed E-state index contributed by atoms with van der Waals surface area (Å²) in [5.74, 6) is 0. The molecule has 6 aromatic rings. The number of fused-ring (bicyclic) bond motifs is 3. The Morgan fingerprint density at radius 3 is 1.62 bits per heavy atom. The summed E-state index contributed by atoms with van der Waals surface area (Å²) in [4.78, 5) is 2.37. The number of aryl methyl sites for hydroxylation is 2. The van der Waals surface area contributed by atoms with Gasteiger partial charge in [0.25, 0.3) is 0 Å². The molecule has 0 spiro atoms. The topological polar surface area (TPSA) is 3.24 Å². The number of nitrogens with zero attached hydrogens (tertiary/aromatic N) is 1. The Morgan fingerprint density at radius 2 is 0.952 bits per heavy atom. The van der Waals surface area contributed by atoms with Crippen molar-refractivity contribution in [3.63, 3.8) is 0 Å². The van der Waals surface area contributed by atoms with Crippen LogP contribution in [0.3, 0.4) is 0 Å². The molecule has 1 aliphatic carbocycles. The van der Waals surface area contributed by atoms with E-state index < -0.39 is 0 Å². The number of rotatable bonds is 5. The van der Waals surface area contributed by atoms with Crippen LogP contribution < -0.4 is 4.90 Å². The van der Waals surface area contributed by atoms with E-state index in [0.717, 1.165) is 17.1 Å². The van der Waals surface area contributed by atoms with Gasteiger partial charge < -0.3 is 4.90 Å². The molecule has 1 aliphatic rings. The van der Waals surface area contributed by atoms with E-state index in [-0.39, 0.29) is 5.41 Å². The molecule has 0 saturated heterocycles. The van der Waals surface area contributed by atoms with E-state index in [1.165, 1.54) is 55.6 Å². The minimum atomic E-state index is -0.0533. The standard InChI is InChI=1S/C41H35N/c1-28-14-19-32(20-15-28)42(33-21-16-29(2)17-22-33)34-23-25-35(30-10-6-5-7-11-30)38(27-34)31-18-24-37-36-12-8-9-13-39(36)41(3,4)40(37)26-31/h5-27H,1-4H3. The first kappa shape index (κ1) is 26.0. The predicted molar refractivity (Wildman–Crippen MR) is 179 cm³/mol. The maximum Gasteiger partial charge on any atom is 0.0468 e. The molecule has 0 heterocycles. The van der Waals surface area contributed by atoms with Crippen molar-refractivity contribution < 1.29 is 0 Å². The fraction of sp³-hybridized carbons (Fsp3) is 0.122. The summed E-state index contributed by atoms with van der Waals surface area (Å²) in [5, 5.41) is 0. The van der Waals surface area contributed by atoms with Crippen LogP contribution >= 0.6 is 0 Å². The fourth-order valence-corrected chi connectivity index (χ4v) is 6.49. The highest BCUT2D eigenvalue weighted by molar-refractivity contribution is 5.91. The zero-order valence-corrected chi connectivity index (χ0v) is 24.7. The van der Waals surface area contributed by atoms with Crippen molar-refractivity contribution in [3.05, 3.63) is 162 Å². The minimum absolute atomic E-state index is 0.0533. The highest BCUT2D eigenvalue weighted by atomic mass is 15.1. The average Bonchev–Trinajstić information content (AvgIpc) is 3.25. The molecule has 0 saturated carbocycles. The number of benzene rings is 6. The van der Waals surface area contributed by atoms with Crippen LogP contribution in [0.15, 0.2) is 140 Å². The lowest BCUT2D eigenvalue weighted by atomic mass is 9.81. The van der Waals surface area contributed by atoms with Gasteiger partial charge in [0.05, 0.1) is 0 Å². The third kappa shape index (κ3) is 4.43. The quantitative estimate of drug-likeness (QED) is 0.210. The molecule has 42 heavy (non-hydrogen) atoms. The lowest BCUT2D eigenvalue weighted by Gasteiger charge is -2.27. The van der Waals surface area contributed by atoms with Gasteiger partial charge in [-0.15, -0.1) is 0 Å². The second-order valence-corrected chi connectivity index (χ2v) is 12.0. The third-order valence-corrected chi connectivity index (χ3v) is 8.82. The molecule has 0 aromatic heterocycles. The minimum Gasteiger partial charge on any atom is -0.310 e. The van der Waals surface area contributed by atoms with Gasteiger partial charge in [0, 0.05) is 22.5 Å². The van der Waals surface area contributed by atoms with Crippen molar-refractivity contribution in [2.45, 2.75) is 33.1 Å². The Hall–Kier alpha value is -4.88. The SMILES string of the molecule is Cc1ccc(N(c2ccc(C)cc2)c2ccc(-c3ccccc3)c(-c3ccc4c(c3)C(C)(C)c3ccccc3-4)c2)cc1. The van der Waals surface area contributed by atoms with E-state index in [2.05, 4.69) is 172 Å². The Labute approximate surface area is 249 Å². The highest BCUT2D eigenvalue weighted by Gasteiger charge is 2.35. The molecule has 0 fully saturated rings. The first-order valence-electron chi connectivity index (χ1n) is 14.8. The first-order chi connectivity index (χ1) is 20.4. The summed E-state index contributed by atoms with van der Waals surface area (Å²) in [6, 6.07) is 51.3. The largest absolute Gasteiger partial charge is 0.310 e. The Bertz CT molecular complexity index is 1850. The van der Waals surface area contributed by atoms with Crippen molar-refractivity contribution in [3.8, 4) is 33.4 Å². The van der Waals surface area contributed by atoms with E-state index in [4.69, 9.17) is 0 Å². The van der Waals surface area contributed by atoms with Gasteiger partial charge in [0.1, 0.15) is 0 Å². The maximum absolute atomic E-state index is 2.43. The summed E-state index contributed by atoms with van der Waals surface area (Å²) in [6.45, 7) is 8.99. The lowest BCUT2D eigenvalue weighted by Crippen LogP contribution is -2.15. The summed E-state index contributed by atoms with van der Waals surface area (Å²) >= 11 is 0. The molecule has 0 aliphatic heterocycles. The Balaban J connectivity index is 1.44. The van der Waals surface area contributed by atoms with Gasteiger partial charge in [-0.25, -0.2) is 0 Å². The molecule has 0 bridgehead atoms. The van der Waals surface area contributed by atoms with Crippen molar-refractivity contribution in [1.29, 1.82) is 0 Å². The molecule has 204 valence electrons.